The van der Waals surface area contributed by atoms with Gasteiger partial charge in [0.15, 0.2) is 0 Å². The third-order valence-electron chi connectivity index (χ3n) is 2.99. The van der Waals surface area contributed by atoms with Gasteiger partial charge in [-0.1, -0.05) is 23.7 Å². The predicted molar refractivity (Wildman–Crippen MR) is 76.1 cm³/mol. The zero-order valence-corrected chi connectivity index (χ0v) is 11.6. The summed E-state index contributed by atoms with van der Waals surface area (Å²) in [5, 5.41) is 18.0. The molecule has 0 saturated heterocycles. The van der Waals surface area contributed by atoms with Crippen molar-refractivity contribution in [1.82, 2.24) is 15.1 Å². The summed E-state index contributed by atoms with van der Waals surface area (Å²) in [6.07, 6.45) is 3.08. The number of hydrogen-bond donors (Lipinski definition) is 2. The Morgan fingerprint density at radius 3 is 2.74 bits per heavy atom. The van der Waals surface area contributed by atoms with Crippen LogP contribution in [0.25, 0.3) is 0 Å². The molecule has 0 aliphatic carbocycles. The molecule has 0 spiro atoms. The third-order valence-corrected chi connectivity index (χ3v) is 3.24. The average Bonchev–Trinajstić information content (AvgIpc) is 2.89. The van der Waals surface area contributed by atoms with Gasteiger partial charge < -0.3 is 10.4 Å². The molecule has 1 aromatic heterocycles. The van der Waals surface area contributed by atoms with E-state index in [-0.39, 0.29) is 6.04 Å². The van der Waals surface area contributed by atoms with E-state index in [0.717, 1.165) is 10.6 Å². The smallest absolute Gasteiger partial charge is 0.0860 e. The van der Waals surface area contributed by atoms with Gasteiger partial charge in [0.2, 0.25) is 0 Å². The Kier molecular flexibility index (Phi) is 4.96. The van der Waals surface area contributed by atoms with E-state index in [0.29, 0.717) is 13.1 Å². The lowest BCUT2D eigenvalue weighted by molar-refractivity contribution is 0.143. The van der Waals surface area contributed by atoms with Gasteiger partial charge in [-0.25, -0.2) is 0 Å². The van der Waals surface area contributed by atoms with Gasteiger partial charge in [-0.15, -0.1) is 0 Å². The summed E-state index contributed by atoms with van der Waals surface area (Å²) in [6.45, 7) is 3.07. The van der Waals surface area contributed by atoms with Crippen LogP contribution in [0.2, 0.25) is 5.02 Å². The largest absolute Gasteiger partial charge is 0.390 e. The van der Waals surface area contributed by atoms with Gasteiger partial charge in [-0.3, -0.25) is 4.68 Å². The van der Waals surface area contributed by atoms with Crippen LogP contribution in [0.1, 0.15) is 18.5 Å². The van der Waals surface area contributed by atoms with Crippen LogP contribution < -0.4 is 5.32 Å². The molecule has 1 unspecified atom stereocenters. The number of rotatable bonds is 6. The van der Waals surface area contributed by atoms with Gasteiger partial charge in [0.05, 0.1) is 12.6 Å². The minimum absolute atomic E-state index is 0.171. The van der Waals surface area contributed by atoms with E-state index in [2.05, 4.69) is 17.3 Å². The number of nitrogens with one attached hydrogen (secondary N) is 1. The molecule has 5 heteroatoms. The summed E-state index contributed by atoms with van der Waals surface area (Å²) >= 11 is 5.85. The number of aliphatic hydroxyl groups is 1. The predicted octanol–water partition coefficient (Wildman–Crippen LogP) is 2.25. The fourth-order valence-electron chi connectivity index (χ4n) is 1.87. The first-order valence-electron chi connectivity index (χ1n) is 6.29. The van der Waals surface area contributed by atoms with Crippen LogP contribution in [0.5, 0.6) is 0 Å². The standard InChI is InChI=1S/C14H18ClN3O/c1-11(12-3-5-13(15)6-4-12)16-9-14(19)10-18-8-2-7-17-18/h2-8,11,14,16,19H,9-10H2,1H3/t11-,14?/m1/s1. The molecule has 1 aromatic carbocycles. The summed E-state index contributed by atoms with van der Waals surface area (Å²) < 4.78 is 1.72. The van der Waals surface area contributed by atoms with E-state index in [1.807, 2.05) is 36.5 Å². The molecule has 1 heterocycles. The third kappa shape index (κ3) is 4.35. The summed E-state index contributed by atoms with van der Waals surface area (Å²) in [4.78, 5) is 0. The lowest BCUT2D eigenvalue weighted by Crippen LogP contribution is -2.32. The van der Waals surface area contributed by atoms with Crippen molar-refractivity contribution in [3.63, 3.8) is 0 Å². The molecule has 0 fully saturated rings. The number of nitrogens with zero attached hydrogens (tertiary/aromatic N) is 2. The Bertz CT molecular complexity index is 484. The van der Waals surface area contributed by atoms with Crippen LogP contribution in [-0.2, 0) is 6.54 Å². The fourth-order valence-corrected chi connectivity index (χ4v) is 2.00. The van der Waals surface area contributed by atoms with Crippen molar-refractivity contribution in [1.29, 1.82) is 0 Å². The summed E-state index contributed by atoms with van der Waals surface area (Å²) in [6, 6.07) is 9.73. The molecule has 0 saturated carbocycles. The van der Waals surface area contributed by atoms with Crippen molar-refractivity contribution in [2.45, 2.75) is 25.6 Å². The highest BCUT2D eigenvalue weighted by Crippen LogP contribution is 2.15. The molecule has 4 nitrogen and oxygen atoms in total. The minimum atomic E-state index is -0.463. The topological polar surface area (TPSA) is 50.1 Å². The summed E-state index contributed by atoms with van der Waals surface area (Å²) in [5.74, 6) is 0. The van der Waals surface area contributed by atoms with Gasteiger partial charge in [0.25, 0.3) is 0 Å². The second kappa shape index (κ2) is 6.70. The number of hydrogen-bond acceptors (Lipinski definition) is 3. The second-order valence-electron chi connectivity index (χ2n) is 4.56. The molecule has 2 atom stereocenters. The van der Waals surface area contributed by atoms with E-state index in [1.54, 1.807) is 10.9 Å². The zero-order valence-electron chi connectivity index (χ0n) is 10.8. The first-order valence-corrected chi connectivity index (χ1v) is 6.67. The number of benzene rings is 1. The Labute approximate surface area is 118 Å². The molecular weight excluding hydrogens is 262 g/mol. The second-order valence-corrected chi connectivity index (χ2v) is 5.00. The molecule has 2 rings (SSSR count). The van der Waals surface area contributed by atoms with Crippen molar-refractivity contribution in [3.05, 3.63) is 53.3 Å². The number of aromatic nitrogens is 2. The monoisotopic (exact) mass is 279 g/mol. The van der Waals surface area contributed by atoms with Gasteiger partial charge in [-0.2, -0.15) is 5.10 Å². The van der Waals surface area contributed by atoms with Gasteiger partial charge in [0, 0.05) is 30.0 Å². The molecule has 102 valence electrons. The normalized spacial score (nSPS) is 14.3. The van der Waals surface area contributed by atoms with Crippen molar-refractivity contribution in [2.24, 2.45) is 0 Å². The van der Waals surface area contributed by atoms with Crippen molar-refractivity contribution in [3.8, 4) is 0 Å². The lowest BCUT2D eigenvalue weighted by Gasteiger charge is -2.17. The van der Waals surface area contributed by atoms with Crippen LogP contribution in [0.3, 0.4) is 0 Å². The average molecular weight is 280 g/mol. The van der Waals surface area contributed by atoms with Crippen LogP contribution in [0, 0.1) is 0 Å². The van der Waals surface area contributed by atoms with Crippen molar-refractivity contribution >= 4 is 11.6 Å². The van der Waals surface area contributed by atoms with Crippen LogP contribution >= 0.6 is 11.6 Å². The van der Waals surface area contributed by atoms with E-state index >= 15 is 0 Å². The van der Waals surface area contributed by atoms with E-state index in [9.17, 15) is 5.11 Å². The first kappa shape index (κ1) is 14.1. The van der Waals surface area contributed by atoms with E-state index in [1.165, 1.54) is 0 Å². The Morgan fingerprint density at radius 1 is 1.37 bits per heavy atom. The van der Waals surface area contributed by atoms with Crippen LogP contribution in [-0.4, -0.2) is 27.5 Å². The molecule has 2 N–H and O–H groups in total. The summed E-state index contributed by atoms with van der Waals surface area (Å²) in [5.41, 5.74) is 1.15. The van der Waals surface area contributed by atoms with E-state index < -0.39 is 6.10 Å². The highest BCUT2D eigenvalue weighted by molar-refractivity contribution is 6.30. The summed E-state index contributed by atoms with van der Waals surface area (Å²) in [7, 11) is 0. The maximum atomic E-state index is 9.92. The molecule has 0 aliphatic heterocycles. The SMILES string of the molecule is C[C@@H](NCC(O)Cn1cccn1)c1ccc(Cl)cc1. The minimum Gasteiger partial charge on any atom is -0.390 e. The fraction of sp³-hybridized carbons (Fsp3) is 0.357. The maximum Gasteiger partial charge on any atom is 0.0860 e. The molecule has 0 radical (unpaired) electrons. The molecular formula is C14H18ClN3O. The lowest BCUT2D eigenvalue weighted by atomic mass is 10.1. The first-order chi connectivity index (χ1) is 9.15. The Hall–Kier alpha value is -1.36. The van der Waals surface area contributed by atoms with Crippen LogP contribution in [0.15, 0.2) is 42.7 Å². The molecule has 0 bridgehead atoms. The molecule has 19 heavy (non-hydrogen) atoms. The van der Waals surface area contributed by atoms with Crippen molar-refractivity contribution in [2.75, 3.05) is 6.54 Å². The molecule has 0 aliphatic rings. The molecule has 2 aromatic rings. The zero-order chi connectivity index (χ0) is 13.7. The van der Waals surface area contributed by atoms with Crippen LogP contribution in [0.4, 0.5) is 0 Å². The molecule has 0 amide bonds. The highest BCUT2D eigenvalue weighted by Gasteiger charge is 2.09. The van der Waals surface area contributed by atoms with Gasteiger partial charge >= 0.3 is 0 Å². The Balaban J connectivity index is 1.79. The Morgan fingerprint density at radius 2 is 2.11 bits per heavy atom. The van der Waals surface area contributed by atoms with E-state index in [4.69, 9.17) is 11.6 Å². The quantitative estimate of drug-likeness (QED) is 0.853. The van der Waals surface area contributed by atoms with Crippen molar-refractivity contribution < 1.29 is 5.11 Å². The maximum absolute atomic E-state index is 9.92. The number of halogens is 1. The highest BCUT2D eigenvalue weighted by atomic mass is 35.5. The van der Waals surface area contributed by atoms with Gasteiger partial charge in [0.1, 0.15) is 0 Å². The number of aliphatic hydroxyl groups excluding tert-OH is 1. The van der Waals surface area contributed by atoms with Gasteiger partial charge in [-0.05, 0) is 30.7 Å².